The number of allylic oxidation sites excluding steroid dienone is 1. The number of aromatic nitrogens is 2. The Morgan fingerprint density at radius 2 is 2.12 bits per heavy atom. The van der Waals surface area contributed by atoms with Gasteiger partial charge in [-0.1, -0.05) is 48.6 Å². The molecule has 3 nitrogen and oxygen atoms in total. The molecule has 2 aromatic rings. The number of nitrogens with one attached hydrogen (secondary N) is 1. The summed E-state index contributed by atoms with van der Waals surface area (Å²) in [5.41, 5.74) is 1.16. The molecule has 2 rings (SSSR count). The lowest BCUT2D eigenvalue weighted by molar-refractivity contribution is 0.103. The molecule has 1 aromatic carbocycles. The molecule has 17 heavy (non-hydrogen) atoms. The van der Waals surface area contributed by atoms with Crippen LogP contribution in [0.2, 0.25) is 0 Å². The van der Waals surface area contributed by atoms with Crippen molar-refractivity contribution >= 4 is 18.0 Å². The Labute approximate surface area is 104 Å². The molecule has 0 atom stereocenters. The molecule has 86 valence electrons. The minimum Gasteiger partial charge on any atom is -0.304 e. The molecule has 0 fully saturated rings. The fraction of sp³-hybridized carbons (Fsp3) is 0.0769. The lowest BCUT2D eigenvalue weighted by Gasteiger charge is -1.97. The molecular formula is C13H12N2OS. The zero-order chi connectivity index (χ0) is 12.3. The number of aromatic amines is 1. The van der Waals surface area contributed by atoms with Crippen molar-refractivity contribution in [2.45, 2.75) is 6.54 Å². The number of H-pyrrole nitrogens is 1. The van der Waals surface area contributed by atoms with E-state index >= 15 is 0 Å². The van der Waals surface area contributed by atoms with Crippen LogP contribution in [0, 0.1) is 4.64 Å². The van der Waals surface area contributed by atoms with E-state index < -0.39 is 0 Å². The van der Waals surface area contributed by atoms with Gasteiger partial charge in [0.15, 0.2) is 5.78 Å². The van der Waals surface area contributed by atoms with Crippen molar-refractivity contribution in [3.8, 4) is 0 Å². The third-order valence-electron chi connectivity index (χ3n) is 2.43. The summed E-state index contributed by atoms with van der Waals surface area (Å²) < 4.78 is 2.22. The molecule has 0 spiro atoms. The van der Waals surface area contributed by atoms with Gasteiger partial charge in [0.05, 0.1) is 12.1 Å². The number of nitrogens with zero attached hydrogens (tertiary/aromatic N) is 1. The molecule has 0 aliphatic carbocycles. The van der Waals surface area contributed by atoms with E-state index in [-0.39, 0.29) is 5.78 Å². The van der Waals surface area contributed by atoms with Crippen LogP contribution in [0.4, 0.5) is 0 Å². The first-order valence-electron chi connectivity index (χ1n) is 5.23. The van der Waals surface area contributed by atoms with Crippen molar-refractivity contribution in [3.05, 3.63) is 65.0 Å². The second-order valence-electron chi connectivity index (χ2n) is 3.59. The zero-order valence-corrected chi connectivity index (χ0v) is 10.0. The average Bonchev–Trinajstić information content (AvgIpc) is 2.72. The van der Waals surface area contributed by atoms with Gasteiger partial charge in [-0.15, -0.1) is 6.58 Å². The second kappa shape index (κ2) is 4.93. The van der Waals surface area contributed by atoms with Crippen LogP contribution in [0.1, 0.15) is 15.9 Å². The van der Waals surface area contributed by atoms with Crippen LogP contribution in [0.3, 0.4) is 0 Å². The van der Waals surface area contributed by atoms with Crippen molar-refractivity contribution in [1.29, 1.82) is 0 Å². The van der Waals surface area contributed by atoms with E-state index in [0.29, 0.717) is 22.3 Å². The molecule has 0 bridgehead atoms. The smallest absolute Gasteiger partial charge is 0.197 e. The third kappa shape index (κ3) is 2.26. The summed E-state index contributed by atoms with van der Waals surface area (Å²) in [6.07, 6.45) is 3.37. The topological polar surface area (TPSA) is 37.8 Å². The number of hydrogen-bond donors (Lipinski definition) is 1. The number of carbonyl (C=O) groups is 1. The lowest BCUT2D eigenvalue weighted by Crippen LogP contribution is -2.02. The van der Waals surface area contributed by atoms with Gasteiger partial charge in [-0.25, -0.2) is 0 Å². The first-order valence-corrected chi connectivity index (χ1v) is 5.63. The summed E-state index contributed by atoms with van der Waals surface area (Å²) >= 11 is 5.23. The maximum atomic E-state index is 12.2. The lowest BCUT2D eigenvalue weighted by atomic mass is 10.1. The predicted octanol–water partition coefficient (Wildman–Crippen LogP) is 2.96. The molecule has 0 saturated carbocycles. The quantitative estimate of drug-likeness (QED) is 0.510. The van der Waals surface area contributed by atoms with Gasteiger partial charge in [-0.2, -0.15) is 0 Å². The molecule has 0 unspecified atom stereocenters. The highest BCUT2D eigenvalue weighted by Gasteiger charge is 2.12. The minimum atomic E-state index is -0.0605. The standard InChI is InChI=1S/C13H12N2OS/c1-2-8-15-13(17)11(9-14-15)12(16)10-6-4-3-5-7-10/h2-7,9,14H,1,8H2. The highest BCUT2D eigenvalue weighted by atomic mass is 32.1. The van der Waals surface area contributed by atoms with Gasteiger partial charge in [0.1, 0.15) is 4.64 Å². The molecule has 0 amide bonds. The summed E-state index contributed by atoms with van der Waals surface area (Å²) in [5, 5.41) is 2.95. The highest BCUT2D eigenvalue weighted by Crippen LogP contribution is 2.10. The first kappa shape index (κ1) is 11.5. The van der Waals surface area contributed by atoms with Gasteiger partial charge in [0, 0.05) is 11.8 Å². The van der Waals surface area contributed by atoms with Gasteiger partial charge in [-0.3, -0.25) is 9.48 Å². The van der Waals surface area contributed by atoms with Crippen molar-refractivity contribution in [3.63, 3.8) is 0 Å². The SMILES string of the molecule is C=CCn1[nH]cc(C(=O)c2ccccc2)c1=S. The molecule has 0 aliphatic heterocycles. The Kier molecular flexibility index (Phi) is 3.35. The Balaban J connectivity index is 2.39. The largest absolute Gasteiger partial charge is 0.304 e. The number of benzene rings is 1. The molecule has 0 radical (unpaired) electrons. The Hall–Kier alpha value is -1.94. The van der Waals surface area contributed by atoms with E-state index in [1.54, 1.807) is 29.1 Å². The molecule has 4 heteroatoms. The molecular weight excluding hydrogens is 232 g/mol. The summed E-state index contributed by atoms with van der Waals surface area (Å²) in [5.74, 6) is -0.0605. The average molecular weight is 244 g/mol. The molecule has 1 aromatic heterocycles. The van der Waals surface area contributed by atoms with Gasteiger partial charge < -0.3 is 5.10 Å². The van der Waals surface area contributed by atoms with E-state index in [2.05, 4.69) is 11.7 Å². The highest BCUT2D eigenvalue weighted by molar-refractivity contribution is 7.71. The Bertz CT molecular complexity index is 595. The van der Waals surface area contributed by atoms with Gasteiger partial charge in [-0.05, 0) is 0 Å². The zero-order valence-electron chi connectivity index (χ0n) is 9.22. The van der Waals surface area contributed by atoms with Crippen molar-refractivity contribution in [2.75, 3.05) is 0 Å². The normalized spacial score (nSPS) is 10.1. The summed E-state index contributed by atoms with van der Waals surface area (Å²) in [7, 11) is 0. The Morgan fingerprint density at radius 1 is 1.41 bits per heavy atom. The molecule has 1 heterocycles. The van der Waals surface area contributed by atoms with Crippen molar-refractivity contribution < 1.29 is 4.79 Å². The van der Waals surface area contributed by atoms with Crippen LogP contribution in [0.15, 0.2) is 49.2 Å². The van der Waals surface area contributed by atoms with E-state index in [4.69, 9.17) is 12.2 Å². The maximum absolute atomic E-state index is 12.2. The number of rotatable bonds is 4. The van der Waals surface area contributed by atoms with Crippen molar-refractivity contribution in [2.24, 2.45) is 0 Å². The van der Waals surface area contributed by atoms with Crippen molar-refractivity contribution in [1.82, 2.24) is 9.78 Å². The minimum absolute atomic E-state index is 0.0605. The molecule has 1 N–H and O–H groups in total. The summed E-state index contributed by atoms with van der Waals surface area (Å²) in [6, 6.07) is 9.10. The summed E-state index contributed by atoms with van der Waals surface area (Å²) in [6.45, 7) is 4.21. The number of ketones is 1. The second-order valence-corrected chi connectivity index (χ2v) is 3.97. The van der Waals surface area contributed by atoms with E-state index in [0.717, 1.165) is 0 Å². The van der Waals surface area contributed by atoms with Crippen LogP contribution in [0.25, 0.3) is 0 Å². The van der Waals surface area contributed by atoms with E-state index in [9.17, 15) is 4.79 Å². The Morgan fingerprint density at radius 3 is 2.76 bits per heavy atom. The summed E-state index contributed by atoms with van der Waals surface area (Å²) in [4.78, 5) is 12.2. The van der Waals surface area contributed by atoms with Crippen LogP contribution >= 0.6 is 12.2 Å². The van der Waals surface area contributed by atoms with Crippen LogP contribution in [0.5, 0.6) is 0 Å². The van der Waals surface area contributed by atoms with Gasteiger partial charge in [0.25, 0.3) is 0 Å². The van der Waals surface area contributed by atoms with Gasteiger partial charge in [0.2, 0.25) is 0 Å². The number of carbonyl (C=O) groups excluding carboxylic acids is 1. The van der Waals surface area contributed by atoms with Crippen LogP contribution < -0.4 is 0 Å². The maximum Gasteiger partial charge on any atom is 0.197 e. The van der Waals surface area contributed by atoms with Crippen LogP contribution in [-0.4, -0.2) is 15.6 Å². The fourth-order valence-electron chi connectivity index (χ4n) is 1.58. The third-order valence-corrected chi connectivity index (χ3v) is 2.87. The predicted molar refractivity (Wildman–Crippen MR) is 69.7 cm³/mol. The van der Waals surface area contributed by atoms with E-state index in [1.807, 2.05) is 18.2 Å². The van der Waals surface area contributed by atoms with Crippen LogP contribution in [-0.2, 0) is 6.54 Å². The molecule has 0 aliphatic rings. The monoisotopic (exact) mass is 244 g/mol. The van der Waals surface area contributed by atoms with E-state index in [1.165, 1.54) is 0 Å². The fourth-order valence-corrected chi connectivity index (χ4v) is 1.86. The number of hydrogen-bond acceptors (Lipinski definition) is 2. The van der Waals surface area contributed by atoms with Gasteiger partial charge >= 0.3 is 0 Å². The first-order chi connectivity index (χ1) is 8.24. The molecule has 0 saturated heterocycles.